The second-order valence-corrected chi connectivity index (χ2v) is 5.51. The summed E-state index contributed by atoms with van der Waals surface area (Å²) in [7, 11) is 0. The first-order valence-corrected chi connectivity index (χ1v) is 6.32. The van der Waals surface area contributed by atoms with Crippen molar-refractivity contribution in [3.8, 4) is 0 Å². The van der Waals surface area contributed by atoms with Crippen molar-refractivity contribution in [3.05, 3.63) is 58.2 Å². The van der Waals surface area contributed by atoms with Crippen molar-refractivity contribution in [2.75, 3.05) is 6.61 Å². The van der Waals surface area contributed by atoms with Crippen LogP contribution in [-0.2, 0) is 4.29 Å². The van der Waals surface area contributed by atoms with E-state index in [2.05, 4.69) is 31.7 Å². The molecular formula is C15H13ClO. The third-order valence-electron chi connectivity index (χ3n) is 4.59. The summed E-state index contributed by atoms with van der Waals surface area (Å²) in [5, 5.41) is 0. The van der Waals surface area contributed by atoms with E-state index in [4.69, 9.17) is 16.2 Å². The minimum Gasteiger partial charge on any atom is -0.278 e. The zero-order chi connectivity index (χ0) is 11.7. The van der Waals surface area contributed by atoms with Crippen molar-refractivity contribution in [2.24, 2.45) is 17.8 Å². The average molecular weight is 245 g/mol. The maximum atomic E-state index is 5.42. The van der Waals surface area contributed by atoms with Gasteiger partial charge in [0.25, 0.3) is 0 Å². The smallest absolute Gasteiger partial charge is 0.0783 e. The third-order valence-corrected chi connectivity index (χ3v) is 4.72. The number of rotatable bonds is 2. The molecule has 0 radical (unpaired) electrons. The Balaban J connectivity index is 1.75. The number of fused-ring (bicyclic) bond motifs is 4. The molecular weight excluding hydrogens is 232 g/mol. The molecule has 4 aliphatic carbocycles. The van der Waals surface area contributed by atoms with Crippen LogP contribution in [0.25, 0.3) is 0 Å². The van der Waals surface area contributed by atoms with Crippen molar-refractivity contribution in [2.45, 2.75) is 6.92 Å². The maximum absolute atomic E-state index is 5.42. The number of hydrogen-bond donors (Lipinski definition) is 0. The summed E-state index contributed by atoms with van der Waals surface area (Å²) in [5.74, 6) is 1.47. The molecule has 3 atom stereocenters. The topological polar surface area (TPSA) is 9.23 Å². The minimum absolute atomic E-state index is 0.344. The predicted molar refractivity (Wildman–Crippen MR) is 68.4 cm³/mol. The van der Waals surface area contributed by atoms with Crippen molar-refractivity contribution in [1.29, 1.82) is 0 Å². The van der Waals surface area contributed by atoms with E-state index in [1.165, 1.54) is 27.9 Å². The summed E-state index contributed by atoms with van der Waals surface area (Å²) >= 11 is 5.42. The molecule has 17 heavy (non-hydrogen) atoms. The molecule has 3 unspecified atom stereocenters. The fraction of sp³-hybridized carbons (Fsp3) is 0.333. The Hall–Kier alpha value is -1.05. The SMILES string of the molecule is C=C1C2=C(C(COCl)C=C2)C2C3=C(C=C3C)C12. The van der Waals surface area contributed by atoms with Gasteiger partial charge in [-0.3, -0.25) is 4.29 Å². The zero-order valence-corrected chi connectivity index (χ0v) is 10.4. The van der Waals surface area contributed by atoms with Crippen LogP contribution in [0.1, 0.15) is 6.92 Å². The highest BCUT2D eigenvalue weighted by Crippen LogP contribution is 2.65. The van der Waals surface area contributed by atoms with Crippen LogP contribution >= 0.6 is 11.9 Å². The van der Waals surface area contributed by atoms with Gasteiger partial charge in [0.15, 0.2) is 0 Å². The summed E-state index contributed by atoms with van der Waals surface area (Å²) in [6.45, 7) is 7.04. The fourth-order valence-corrected chi connectivity index (χ4v) is 4.01. The molecule has 2 heteroatoms. The highest BCUT2D eigenvalue weighted by atomic mass is 35.5. The van der Waals surface area contributed by atoms with E-state index in [1.807, 2.05) is 0 Å². The molecule has 0 bridgehead atoms. The van der Waals surface area contributed by atoms with E-state index in [9.17, 15) is 0 Å². The van der Waals surface area contributed by atoms with E-state index in [-0.39, 0.29) is 0 Å². The standard InChI is InChI=1S/C15H13ClO/c1-7-5-11-12(7)15-13(11)8(2)10-4-3-9(6-17-16)14(10)15/h3-5,9,13,15H,2,6H2,1H3. The van der Waals surface area contributed by atoms with Gasteiger partial charge in [0.1, 0.15) is 0 Å². The van der Waals surface area contributed by atoms with Gasteiger partial charge < -0.3 is 0 Å². The first-order chi connectivity index (χ1) is 8.24. The summed E-state index contributed by atoms with van der Waals surface area (Å²) < 4.78 is 4.81. The summed E-state index contributed by atoms with van der Waals surface area (Å²) in [5.41, 5.74) is 8.66. The predicted octanol–water partition coefficient (Wildman–Crippen LogP) is 3.71. The second kappa shape index (κ2) is 3.04. The zero-order valence-electron chi connectivity index (χ0n) is 9.66. The molecule has 0 heterocycles. The Morgan fingerprint density at radius 1 is 1.41 bits per heavy atom. The van der Waals surface area contributed by atoms with Gasteiger partial charge in [-0.05, 0) is 40.4 Å². The largest absolute Gasteiger partial charge is 0.278 e. The Kier molecular flexibility index (Phi) is 1.77. The molecule has 0 aliphatic heterocycles. The molecule has 0 aromatic rings. The van der Waals surface area contributed by atoms with E-state index in [1.54, 1.807) is 5.57 Å². The second-order valence-electron chi connectivity index (χ2n) is 5.29. The summed E-state index contributed by atoms with van der Waals surface area (Å²) in [4.78, 5) is 0. The van der Waals surface area contributed by atoms with Crippen LogP contribution in [0.15, 0.2) is 58.2 Å². The van der Waals surface area contributed by atoms with Crippen molar-refractivity contribution in [1.82, 2.24) is 0 Å². The van der Waals surface area contributed by atoms with Gasteiger partial charge in [0.05, 0.1) is 18.5 Å². The maximum Gasteiger partial charge on any atom is 0.0783 e. The molecule has 1 nitrogen and oxygen atoms in total. The first-order valence-electron chi connectivity index (χ1n) is 6.01. The van der Waals surface area contributed by atoms with Crippen molar-refractivity contribution < 1.29 is 4.29 Å². The van der Waals surface area contributed by atoms with Crippen LogP contribution in [-0.4, -0.2) is 6.61 Å². The minimum atomic E-state index is 0.344. The van der Waals surface area contributed by atoms with Gasteiger partial charge in [-0.25, -0.2) is 0 Å². The van der Waals surface area contributed by atoms with Crippen LogP contribution in [0.4, 0.5) is 0 Å². The lowest BCUT2D eigenvalue weighted by atomic mass is 9.57. The van der Waals surface area contributed by atoms with Crippen LogP contribution in [0.3, 0.4) is 0 Å². The van der Waals surface area contributed by atoms with E-state index in [0.29, 0.717) is 24.4 Å². The highest BCUT2D eigenvalue weighted by Gasteiger charge is 2.54. The van der Waals surface area contributed by atoms with E-state index in [0.717, 1.165) is 0 Å². The number of halogens is 1. The third kappa shape index (κ3) is 0.966. The monoisotopic (exact) mass is 244 g/mol. The molecule has 4 rings (SSSR count). The Morgan fingerprint density at radius 3 is 2.94 bits per heavy atom. The van der Waals surface area contributed by atoms with Crippen LogP contribution < -0.4 is 0 Å². The number of allylic oxidation sites excluding steroid dienone is 7. The van der Waals surface area contributed by atoms with Gasteiger partial charge in [-0.15, -0.1) is 0 Å². The Labute approximate surface area is 106 Å². The average Bonchev–Trinajstić information content (AvgIpc) is 2.76. The lowest BCUT2D eigenvalue weighted by molar-refractivity contribution is 0.309. The molecule has 0 aromatic carbocycles. The van der Waals surface area contributed by atoms with Crippen LogP contribution in [0.2, 0.25) is 0 Å². The summed E-state index contributed by atoms with van der Waals surface area (Å²) in [6.07, 6.45) is 6.71. The first kappa shape index (κ1) is 9.93. The Bertz CT molecular complexity index is 574. The van der Waals surface area contributed by atoms with Gasteiger partial charge in [0, 0.05) is 17.8 Å². The fourth-order valence-electron chi connectivity index (χ4n) is 3.88. The lowest BCUT2D eigenvalue weighted by Gasteiger charge is -2.46. The molecule has 0 N–H and O–H groups in total. The van der Waals surface area contributed by atoms with Crippen molar-refractivity contribution >= 4 is 11.9 Å². The molecule has 0 spiro atoms. The van der Waals surface area contributed by atoms with Crippen LogP contribution in [0.5, 0.6) is 0 Å². The molecule has 0 fully saturated rings. The van der Waals surface area contributed by atoms with Gasteiger partial charge in [0.2, 0.25) is 0 Å². The van der Waals surface area contributed by atoms with Gasteiger partial charge >= 0.3 is 0 Å². The van der Waals surface area contributed by atoms with Gasteiger partial charge in [-0.2, -0.15) is 0 Å². The highest BCUT2D eigenvalue weighted by molar-refractivity contribution is 6.07. The summed E-state index contributed by atoms with van der Waals surface area (Å²) in [6, 6.07) is 0. The molecule has 0 saturated heterocycles. The number of hydrogen-bond acceptors (Lipinski definition) is 1. The van der Waals surface area contributed by atoms with Crippen LogP contribution in [0, 0.1) is 17.8 Å². The molecule has 86 valence electrons. The lowest BCUT2D eigenvalue weighted by Crippen LogP contribution is -2.35. The molecule has 0 amide bonds. The van der Waals surface area contributed by atoms with Crippen molar-refractivity contribution in [3.63, 3.8) is 0 Å². The molecule has 0 aromatic heterocycles. The van der Waals surface area contributed by atoms with E-state index >= 15 is 0 Å². The molecule has 0 saturated carbocycles. The van der Waals surface area contributed by atoms with E-state index < -0.39 is 0 Å². The quantitative estimate of drug-likeness (QED) is 0.720. The molecule has 4 aliphatic rings. The normalized spacial score (nSPS) is 36.5. The Morgan fingerprint density at radius 2 is 2.24 bits per heavy atom. The van der Waals surface area contributed by atoms with Gasteiger partial charge in [-0.1, -0.05) is 24.8 Å².